The fourth-order valence-electron chi connectivity index (χ4n) is 1.69. The minimum Gasteiger partial charge on any atom is -0.480 e. The minimum atomic E-state index is -0.852. The number of carbonyl (C=O) groups is 1. The van der Waals surface area contributed by atoms with E-state index in [-0.39, 0.29) is 6.04 Å². The van der Waals surface area contributed by atoms with Crippen LogP contribution >= 0.6 is 0 Å². The summed E-state index contributed by atoms with van der Waals surface area (Å²) in [5.74, 6) is -0.852. The normalized spacial score (nSPS) is 14.2. The number of carboxylic acids is 1. The molecule has 1 aromatic carbocycles. The van der Waals surface area contributed by atoms with Gasteiger partial charge in [0.15, 0.2) is 0 Å². The summed E-state index contributed by atoms with van der Waals surface area (Å²) >= 11 is 0. The second kappa shape index (κ2) is 7.13. The molecule has 2 unspecified atom stereocenters. The van der Waals surface area contributed by atoms with Gasteiger partial charge in [-0.1, -0.05) is 31.2 Å². The predicted molar refractivity (Wildman–Crippen MR) is 70.4 cm³/mol. The van der Waals surface area contributed by atoms with Gasteiger partial charge in [0.1, 0.15) is 6.04 Å². The van der Waals surface area contributed by atoms with Crippen molar-refractivity contribution in [3.8, 4) is 0 Å². The highest BCUT2D eigenvalue weighted by Gasteiger charge is 2.20. The quantitative estimate of drug-likeness (QED) is 0.781. The Morgan fingerprint density at radius 3 is 2.44 bits per heavy atom. The molecule has 100 valence electrons. The first-order valence-electron chi connectivity index (χ1n) is 6.15. The van der Waals surface area contributed by atoms with E-state index in [2.05, 4.69) is 5.32 Å². The molecular weight excluding hydrogens is 230 g/mol. The van der Waals surface area contributed by atoms with Crippen molar-refractivity contribution < 1.29 is 14.6 Å². The monoisotopic (exact) mass is 251 g/mol. The van der Waals surface area contributed by atoms with Gasteiger partial charge >= 0.3 is 5.97 Å². The summed E-state index contributed by atoms with van der Waals surface area (Å²) in [5.41, 5.74) is 1.80. The summed E-state index contributed by atoms with van der Waals surface area (Å²) in [6, 6.07) is 6.98. The Balaban J connectivity index is 2.82. The Labute approximate surface area is 108 Å². The number of methoxy groups -OCH3 is 1. The fraction of sp³-hybridized carbons (Fsp3) is 0.500. The van der Waals surface area contributed by atoms with Crippen LogP contribution in [0.25, 0.3) is 0 Å². The number of hydrogen-bond donors (Lipinski definition) is 2. The Kier molecular flexibility index (Phi) is 5.82. The molecule has 1 aromatic rings. The zero-order chi connectivity index (χ0) is 13.5. The van der Waals surface area contributed by atoms with Crippen LogP contribution in [-0.4, -0.2) is 24.2 Å². The zero-order valence-corrected chi connectivity index (χ0v) is 11.1. The molecule has 0 fully saturated rings. The van der Waals surface area contributed by atoms with E-state index in [4.69, 9.17) is 4.74 Å². The molecule has 0 bridgehead atoms. The molecule has 0 saturated heterocycles. The molecule has 0 amide bonds. The molecule has 0 aliphatic heterocycles. The van der Waals surface area contributed by atoms with Crippen molar-refractivity contribution in [2.75, 3.05) is 7.11 Å². The fourth-order valence-corrected chi connectivity index (χ4v) is 1.69. The van der Waals surface area contributed by atoms with Crippen LogP contribution in [0.2, 0.25) is 0 Å². The van der Waals surface area contributed by atoms with Gasteiger partial charge in [0, 0.05) is 13.2 Å². The second-order valence-electron chi connectivity index (χ2n) is 4.42. The van der Waals surface area contributed by atoms with E-state index in [1.165, 1.54) is 0 Å². The van der Waals surface area contributed by atoms with Gasteiger partial charge in [-0.15, -0.1) is 0 Å². The summed E-state index contributed by atoms with van der Waals surface area (Å²) in [5, 5.41) is 12.4. The Hall–Kier alpha value is -1.39. The van der Waals surface area contributed by atoms with Crippen molar-refractivity contribution in [1.29, 1.82) is 0 Å². The molecule has 0 aromatic heterocycles. The van der Waals surface area contributed by atoms with E-state index in [1.807, 2.05) is 38.1 Å². The molecule has 1 rings (SSSR count). The van der Waals surface area contributed by atoms with Crippen LogP contribution in [0.1, 0.15) is 37.4 Å². The highest BCUT2D eigenvalue weighted by molar-refractivity contribution is 5.75. The van der Waals surface area contributed by atoms with E-state index in [0.29, 0.717) is 6.61 Å². The Bertz CT molecular complexity index is 375. The van der Waals surface area contributed by atoms with Crippen molar-refractivity contribution in [3.05, 3.63) is 35.4 Å². The van der Waals surface area contributed by atoms with Crippen LogP contribution in [0.15, 0.2) is 24.3 Å². The maximum Gasteiger partial charge on any atom is 0.325 e. The van der Waals surface area contributed by atoms with Gasteiger partial charge in [-0.3, -0.25) is 10.1 Å². The van der Waals surface area contributed by atoms with Crippen LogP contribution in [0.3, 0.4) is 0 Å². The number of hydrogen-bond acceptors (Lipinski definition) is 3. The predicted octanol–water partition coefficient (Wildman–Crippen LogP) is 2.35. The second-order valence-corrected chi connectivity index (χ2v) is 4.42. The summed E-state index contributed by atoms with van der Waals surface area (Å²) in [6.45, 7) is 4.55. The van der Waals surface area contributed by atoms with Gasteiger partial charge in [0.25, 0.3) is 0 Å². The average Bonchev–Trinajstić information content (AvgIpc) is 2.37. The smallest absolute Gasteiger partial charge is 0.325 e. The lowest BCUT2D eigenvalue weighted by atomic mass is 10.0. The number of benzene rings is 1. The summed E-state index contributed by atoms with van der Waals surface area (Å²) < 4.78 is 5.03. The van der Waals surface area contributed by atoms with Gasteiger partial charge in [-0.2, -0.15) is 0 Å². The van der Waals surface area contributed by atoms with Gasteiger partial charge in [-0.05, 0) is 24.5 Å². The van der Waals surface area contributed by atoms with Crippen LogP contribution in [0.4, 0.5) is 0 Å². The topological polar surface area (TPSA) is 58.6 Å². The van der Waals surface area contributed by atoms with Crippen molar-refractivity contribution in [2.24, 2.45) is 0 Å². The highest BCUT2D eigenvalue weighted by Crippen LogP contribution is 2.16. The molecule has 0 saturated carbocycles. The zero-order valence-electron chi connectivity index (χ0n) is 11.1. The lowest BCUT2D eigenvalue weighted by Crippen LogP contribution is -2.34. The molecule has 0 radical (unpaired) electrons. The summed E-state index contributed by atoms with van der Waals surface area (Å²) in [7, 11) is 1.64. The molecule has 0 heterocycles. The molecule has 4 nitrogen and oxygen atoms in total. The minimum absolute atomic E-state index is 0.171. The number of carboxylic acid groups (broad SMARTS) is 1. The SMILES string of the molecule is CCC(C)NC(C(=O)O)c1ccc(COC)cc1. The molecule has 0 spiro atoms. The van der Waals surface area contributed by atoms with Crippen LogP contribution in [0, 0.1) is 0 Å². The van der Waals surface area contributed by atoms with Crippen LogP contribution in [-0.2, 0) is 16.1 Å². The number of aliphatic carboxylic acids is 1. The lowest BCUT2D eigenvalue weighted by Gasteiger charge is -2.19. The number of rotatable bonds is 7. The maximum absolute atomic E-state index is 11.3. The highest BCUT2D eigenvalue weighted by atomic mass is 16.5. The third-order valence-electron chi connectivity index (χ3n) is 2.93. The third-order valence-corrected chi connectivity index (χ3v) is 2.93. The average molecular weight is 251 g/mol. The lowest BCUT2D eigenvalue weighted by molar-refractivity contribution is -0.139. The Morgan fingerprint density at radius 1 is 1.39 bits per heavy atom. The maximum atomic E-state index is 11.3. The van der Waals surface area contributed by atoms with Crippen molar-refractivity contribution >= 4 is 5.97 Å². The first-order valence-corrected chi connectivity index (χ1v) is 6.15. The molecular formula is C14H21NO3. The third kappa shape index (κ3) is 4.13. The van der Waals surface area contributed by atoms with Gasteiger partial charge in [0.05, 0.1) is 6.61 Å². The first-order chi connectivity index (χ1) is 8.58. The van der Waals surface area contributed by atoms with Gasteiger partial charge in [-0.25, -0.2) is 0 Å². The van der Waals surface area contributed by atoms with Crippen molar-refractivity contribution in [3.63, 3.8) is 0 Å². The largest absolute Gasteiger partial charge is 0.480 e. The molecule has 18 heavy (non-hydrogen) atoms. The van der Waals surface area contributed by atoms with E-state index in [9.17, 15) is 9.90 Å². The Morgan fingerprint density at radius 2 is 2.00 bits per heavy atom. The van der Waals surface area contributed by atoms with Crippen LogP contribution < -0.4 is 5.32 Å². The summed E-state index contributed by atoms with van der Waals surface area (Å²) in [6.07, 6.45) is 0.894. The molecule has 2 N–H and O–H groups in total. The van der Waals surface area contributed by atoms with Gasteiger partial charge < -0.3 is 9.84 Å². The van der Waals surface area contributed by atoms with Crippen LogP contribution in [0.5, 0.6) is 0 Å². The standard InChI is InChI=1S/C14H21NO3/c1-4-10(2)15-13(14(16)17)12-7-5-11(6-8-12)9-18-3/h5-8,10,13,15H,4,9H2,1-3H3,(H,16,17). The van der Waals surface area contributed by atoms with E-state index >= 15 is 0 Å². The number of ether oxygens (including phenoxy) is 1. The molecule has 0 aliphatic rings. The van der Waals surface area contributed by atoms with E-state index in [1.54, 1.807) is 7.11 Å². The van der Waals surface area contributed by atoms with E-state index < -0.39 is 12.0 Å². The molecule has 2 atom stereocenters. The molecule has 0 aliphatic carbocycles. The van der Waals surface area contributed by atoms with Gasteiger partial charge in [0.2, 0.25) is 0 Å². The van der Waals surface area contributed by atoms with Crippen molar-refractivity contribution in [1.82, 2.24) is 5.32 Å². The number of nitrogens with one attached hydrogen (secondary N) is 1. The molecule has 4 heteroatoms. The summed E-state index contributed by atoms with van der Waals surface area (Å²) in [4.78, 5) is 11.3. The van der Waals surface area contributed by atoms with Crippen molar-refractivity contribution in [2.45, 2.75) is 39.0 Å². The van der Waals surface area contributed by atoms with E-state index in [0.717, 1.165) is 17.5 Å². The first kappa shape index (κ1) is 14.7.